The molecule has 3 rings (SSSR count). The van der Waals surface area contributed by atoms with Gasteiger partial charge in [-0.3, -0.25) is 4.21 Å². The topological polar surface area (TPSA) is 35.5 Å². The van der Waals surface area contributed by atoms with E-state index in [1.54, 1.807) is 0 Å². The van der Waals surface area contributed by atoms with Crippen molar-refractivity contribution in [3.63, 3.8) is 0 Å². The first kappa shape index (κ1) is 14.2. The molecule has 1 atom stereocenters. The fraction of sp³-hybridized carbons (Fsp3) is 0.250. The molecule has 0 aliphatic carbocycles. The molecule has 0 amide bonds. The van der Waals surface area contributed by atoms with Crippen LogP contribution in [0.15, 0.2) is 41.3 Å². The molecule has 0 spiro atoms. The standard InChI is InChI=1S/C16H15FO3S/c1-11-3-2-4-15(5-11)21(18)9-13-7-14(17)6-12-8-19-10-20-16(12)13/h2-7H,8-10H2,1H3. The highest BCUT2D eigenvalue weighted by molar-refractivity contribution is 7.84. The number of halogens is 1. The molecule has 21 heavy (non-hydrogen) atoms. The summed E-state index contributed by atoms with van der Waals surface area (Å²) in [6, 6.07) is 10.3. The number of hydrogen-bond donors (Lipinski definition) is 0. The van der Waals surface area contributed by atoms with E-state index in [2.05, 4.69) is 0 Å². The van der Waals surface area contributed by atoms with Gasteiger partial charge in [-0.05, 0) is 36.8 Å². The van der Waals surface area contributed by atoms with Crippen LogP contribution < -0.4 is 4.74 Å². The predicted molar refractivity (Wildman–Crippen MR) is 78.0 cm³/mol. The number of ether oxygens (including phenoxy) is 2. The summed E-state index contributed by atoms with van der Waals surface area (Å²) in [6.45, 7) is 2.41. The van der Waals surface area contributed by atoms with Gasteiger partial charge in [0, 0.05) is 16.0 Å². The first-order chi connectivity index (χ1) is 10.1. The van der Waals surface area contributed by atoms with Crippen LogP contribution >= 0.6 is 0 Å². The normalized spacial score (nSPS) is 15.1. The minimum absolute atomic E-state index is 0.142. The van der Waals surface area contributed by atoms with E-state index in [4.69, 9.17) is 9.47 Å². The summed E-state index contributed by atoms with van der Waals surface area (Å²) in [5.74, 6) is 0.464. The smallest absolute Gasteiger partial charge is 0.189 e. The molecule has 2 aromatic carbocycles. The van der Waals surface area contributed by atoms with Crippen LogP contribution in [-0.2, 0) is 27.9 Å². The lowest BCUT2D eigenvalue weighted by Crippen LogP contribution is -2.14. The Morgan fingerprint density at radius 1 is 1.29 bits per heavy atom. The van der Waals surface area contributed by atoms with E-state index in [1.807, 2.05) is 31.2 Å². The Balaban J connectivity index is 1.91. The van der Waals surface area contributed by atoms with Gasteiger partial charge in [0.1, 0.15) is 11.6 Å². The molecule has 2 aromatic rings. The largest absolute Gasteiger partial charge is 0.467 e. The van der Waals surface area contributed by atoms with Gasteiger partial charge in [0.05, 0.1) is 23.2 Å². The monoisotopic (exact) mass is 306 g/mol. The summed E-state index contributed by atoms with van der Waals surface area (Å²) in [7, 11) is -1.24. The third kappa shape index (κ3) is 3.14. The summed E-state index contributed by atoms with van der Waals surface area (Å²) in [5.41, 5.74) is 2.33. The van der Waals surface area contributed by atoms with Crippen LogP contribution in [0.4, 0.5) is 4.39 Å². The third-order valence-corrected chi connectivity index (χ3v) is 4.64. The number of rotatable bonds is 3. The molecule has 1 heterocycles. The molecule has 0 fully saturated rings. The molecule has 0 aromatic heterocycles. The molecule has 1 aliphatic heterocycles. The van der Waals surface area contributed by atoms with Crippen molar-refractivity contribution < 1.29 is 18.1 Å². The molecule has 110 valence electrons. The fourth-order valence-corrected chi connectivity index (χ4v) is 3.56. The maximum atomic E-state index is 13.7. The summed E-state index contributed by atoms with van der Waals surface area (Å²) >= 11 is 0. The number of hydrogen-bond acceptors (Lipinski definition) is 3. The van der Waals surface area contributed by atoms with Crippen molar-refractivity contribution in [3.8, 4) is 5.75 Å². The molecule has 3 nitrogen and oxygen atoms in total. The van der Waals surface area contributed by atoms with Crippen LogP contribution in [0, 0.1) is 12.7 Å². The van der Waals surface area contributed by atoms with Gasteiger partial charge in [-0.25, -0.2) is 4.39 Å². The zero-order valence-electron chi connectivity index (χ0n) is 11.6. The third-order valence-electron chi connectivity index (χ3n) is 3.29. The molecular weight excluding hydrogens is 291 g/mol. The molecule has 0 radical (unpaired) electrons. The quantitative estimate of drug-likeness (QED) is 0.873. The van der Waals surface area contributed by atoms with E-state index in [1.165, 1.54) is 12.1 Å². The van der Waals surface area contributed by atoms with Crippen molar-refractivity contribution in [2.24, 2.45) is 0 Å². The summed E-state index contributed by atoms with van der Waals surface area (Å²) < 4.78 is 36.7. The lowest BCUT2D eigenvalue weighted by molar-refractivity contribution is -0.0171. The van der Waals surface area contributed by atoms with E-state index in [9.17, 15) is 8.60 Å². The van der Waals surface area contributed by atoms with E-state index in [-0.39, 0.29) is 18.4 Å². The predicted octanol–water partition coefficient (Wildman–Crippen LogP) is 3.31. The van der Waals surface area contributed by atoms with Gasteiger partial charge in [-0.2, -0.15) is 0 Å². The molecule has 1 aliphatic rings. The van der Waals surface area contributed by atoms with Crippen LogP contribution in [0.2, 0.25) is 0 Å². The summed E-state index contributed by atoms with van der Waals surface area (Å²) in [5, 5.41) is 0. The maximum Gasteiger partial charge on any atom is 0.189 e. The lowest BCUT2D eigenvalue weighted by Gasteiger charge is -2.20. The zero-order valence-corrected chi connectivity index (χ0v) is 12.4. The van der Waals surface area contributed by atoms with Crippen molar-refractivity contribution >= 4 is 10.8 Å². The van der Waals surface area contributed by atoms with Gasteiger partial charge in [-0.15, -0.1) is 0 Å². The van der Waals surface area contributed by atoms with E-state index < -0.39 is 10.8 Å². The van der Waals surface area contributed by atoms with Crippen molar-refractivity contribution in [2.45, 2.75) is 24.2 Å². The second-order valence-electron chi connectivity index (χ2n) is 4.97. The van der Waals surface area contributed by atoms with Crippen molar-refractivity contribution in [2.75, 3.05) is 6.79 Å². The van der Waals surface area contributed by atoms with Crippen LogP contribution in [0.1, 0.15) is 16.7 Å². The molecule has 0 saturated heterocycles. The lowest BCUT2D eigenvalue weighted by atomic mass is 10.1. The highest BCUT2D eigenvalue weighted by Gasteiger charge is 2.19. The van der Waals surface area contributed by atoms with E-state index in [0.29, 0.717) is 23.5 Å². The minimum Gasteiger partial charge on any atom is -0.467 e. The van der Waals surface area contributed by atoms with Gasteiger partial charge in [0.2, 0.25) is 0 Å². The Hall–Kier alpha value is -1.72. The van der Waals surface area contributed by atoms with Gasteiger partial charge in [0.15, 0.2) is 6.79 Å². The van der Waals surface area contributed by atoms with Gasteiger partial charge in [-0.1, -0.05) is 12.1 Å². The SMILES string of the molecule is Cc1cccc(S(=O)Cc2cc(F)cc3c2OCOC3)c1. The van der Waals surface area contributed by atoms with Crippen molar-refractivity contribution in [3.05, 3.63) is 58.9 Å². The van der Waals surface area contributed by atoms with Gasteiger partial charge in [0.25, 0.3) is 0 Å². The molecule has 5 heteroatoms. The maximum absolute atomic E-state index is 13.7. The Morgan fingerprint density at radius 3 is 2.95 bits per heavy atom. The zero-order chi connectivity index (χ0) is 14.8. The van der Waals surface area contributed by atoms with Crippen LogP contribution in [0.3, 0.4) is 0 Å². The Bertz CT molecular complexity index is 700. The minimum atomic E-state index is -1.24. The molecule has 0 bridgehead atoms. The number of fused-ring (bicyclic) bond motifs is 1. The Labute approximate surface area is 125 Å². The highest BCUT2D eigenvalue weighted by Crippen LogP contribution is 2.31. The van der Waals surface area contributed by atoms with Gasteiger partial charge < -0.3 is 9.47 Å². The average Bonchev–Trinajstić information content (AvgIpc) is 2.47. The van der Waals surface area contributed by atoms with Crippen LogP contribution in [-0.4, -0.2) is 11.0 Å². The highest BCUT2D eigenvalue weighted by atomic mass is 32.2. The van der Waals surface area contributed by atoms with Crippen molar-refractivity contribution in [1.29, 1.82) is 0 Å². The first-order valence-corrected chi connectivity index (χ1v) is 7.92. The summed E-state index contributed by atoms with van der Waals surface area (Å²) in [4.78, 5) is 0.736. The van der Waals surface area contributed by atoms with E-state index in [0.717, 1.165) is 10.5 Å². The van der Waals surface area contributed by atoms with Crippen molar-refractivity contribution in [1.82, 2.24) is 0 Å². The molecule has 0 N–H and O–H groups in total. The van der Waals surface area contributed by atoms with E-state index >= 15 is 0 Å². The second kappa shape index (κ2) is 5.95. The Kier molecular flexibility index (Phi) is 4.03. The number of benzene rings is 2. The average molecular weight is 306 g/mol. The molecule has 1 unspecified atom stereocenters. The summed E-state index contributed by atoms with van der Waals surface area (Å²) in [6.07, 6.45) is 0. The second-order valence-corrected chi connectivity index (χ2v) is 6.42. The van der Waals surface area contributed by atoms with Crippen LogP contribution in [0.5, 0.6) is 5.75 Å². The first-order valence-electron chi connectivity index (χ1n) is 6.60. The Morgan fingerprint density at radius 2 is 2.14 bits per heavy atom. The van der Waals surface area contributed by atoms with Crippen LogP contribution in [0.25, 0.3) is 0 Å². The molecular formula is C16H15FO3S. The number of aryl methyl sites for hydroxylation is 1. The fourth-order valence-electron chi connectivity index (χ4n) is 2.35. The molecule has 0 saturated carbocycles. The van der Waals surface area contributed by atoms with Gasteiger partial charge >= 0.3 is 0 Å².